The van der Waals surface area contributed by atoms with E-state index in [1.165, 1.54) is 37.7 Å². The van der Waals surface area contributed by atoms with Crippen molar-refractivity contribution in [3.8, 4) is 5.75 Å². The molecule has 2 heteroatoms. The molecule has 116 valence electrons. The first-order chi connectivity index (χ1) is 10.1. The molecule has 1 spiro atoms. The SMILES string of the molecule is CNC1CC2(CCCC(C(C)C)CC2)Oc2ccccc21. The monoisotopic (exact) mass is 287 g/mol. The summed E-state index contributed by atoms with van der Waals surface area (Å²) in [5.41, 5.74) is 1.39. The minimum Gasteiger partial charge on any atom is -0.487 e. The Labute approximate surface area is 129 Å². The molecule has 1 N–H and O–H groups in total. The molecule has 1 heterocycles. The fraction of sp³-hybridized carbons (Fsp3) is 0.684. The lowest BCUT2D eigenvalue weighted by Crippen LogP contribution is -2.43. The van der Waals surface area contributed by atoms with Crippen LogP contribution in [0.25, 0.3) is 0 Å². The van der Waals surface area contributed by atoms with Crippen LogP contribution in [0, 0.1) is 11.8 Å². The second kappa shape index (κ2) is 6.00. The third kappa shape index (κ3) is 2.96. The molecule has 1 aromatic carbocycles. The maximum atomic E-state index is 6.56. The molecule has 1 fully saturated rings. The third-order valence-electron chi connectivity index (χ3n) is 5.67. The highest BCUT2D eigenvalue weighted by atomic mass is 16.5. The zero-order valence-electron chi connectivity index (χ0n) is 13.7. The van der Waals surface area contributed by atoms with Crippen LogP contribution in [-0.4, -0.2) is 12.6 Å². The van der Waals surface area contributed by atoms with Gasteiger partial charge in [0.15, 0.2) is 0 Å². The molecule has 0 radical (unpaired) electrons. The number of hydrogen-bond acceptors (Lipinski definition) is 2. The molecule has 2 aliphatic rings. The molecule has 1 saturated carbocycles. The van der Waals surface area contributed by atoms with E-state index < -0.39 is 0 Å². The Morgan fingerprint density at radius 1 is 1.19 bits per heavy atom. The summed E-state index contributed by atoms with van der Waals surface area (Å²) >= 11 is 0. The van der Waals surface area contributed by atoms with E-state index in [1.54, 1.807) is 0 Å². The second-order valence-electron chi connectivity index (χ2n) is 7.30. The molecule has 0 bridgehead atoms. The van der Waals surface area contributed by atoms with Crippen molar-refractivity contribution in [2.24, 2.45) is 11.8 Å². The second-order valence-corrected chi connectivity index (χ2v) is 7.30. The fourth-order valence-corrected chi connectivity index (χ4v) is 4.25. The summed E-state index contributed by atoms with van der Waals surface area (Å²) in [4.78, 5) is 0. The van der Waals surface area contributed by atoms with Crippen molar-refractivity contribution in [3.63, 3.8) is 0 Å². The molecule has 0 amide bonds. The van der Waals surface area contributed by atoms with Gasteiger partial charge in [0.1, 0.15) is 11.4 Å². The normalized spacial score (nSPS) is 32.6. The van der Waals surface area contributed by atoms with E-state index in [9.17, 15) is 0 Å². The van der Waals surface area contributed by atoms with E-state index in [4.69, 9.17) is 4.74 Å². The van der Waals surface area contributed by atoms with Crippen molar-refractivity contribution < 1.29 is 4.74 Å². The number of hydrogen-bond donors (Lipinski definition) is 1. The van der Waals surface area contributed by atoms with Gasteiger partial charge in [0.2, 0.25) is 0 Å². The average Bonchev–Trinajstić information content (AvgIpc) is 2.69. The van der Waals surface area contributed by atoms with Crippen LogP contribution in [0.1, 0.15) is 64.0 Å². The Kier molecular flexibility index (Phi) is 4.26. The van der Waals surface area contributed by atoms with Gasteiger partial charge >= 0.3 is 0 Å². The van der Waals surface area contributed by atoms with Gasteiger partial charge in [-0.25, -0.2) is 0 Å². The van der Waals surface area contributed by atoms with Crippen molar-refractivity contribution in [2.45, 2.75) is 64.0 Å². The molecule has 0 saturated heterocycles. The Morgan fingerprint density at radius 2 is 2.00 bits per heavy atom. The smallest absolute Gasteiger partial charge is 0.124 e. The largest absolute Gasteiger partial charge is 0.487 e. The minimum atomic E-state index is 0.0612. The summed E-state index contributed by atoms with van der Waals surface area (Å²) < 4.78 is 6.56. The lowest BCUT2D eigenvalue weighted by Gasteiger charge is -2.42. The summed E-state index contributed by atoms with van der Waals surface area (Å²) in [7, 11) is 2.08. The molecule has 0 aromatic heterocycles. The Morgan fingerprint density at radius 3 is 2.76 bits per heavy atom. The highest BCUT2D eigenvalue weighted by molar-refractivity contribution is 5.39. The maximum absolute atomic E-state index is 6.56. The van der Waals surface area contributed by atoms with Crippen molar-refractivity contribution in [1.29, 1.82) is 0 Å². The zero-order chi connectivity index (χ0) is 14.9. The summed E-state index contributed by atoms with van der Waals surface area (Å²) in [6.07, 6.45) is 7.53. The number of para-hydroxylation sites is 1. The van der Waals surface area contributed by atoms with Crippen LogP contribution >= 0.6 is 0 Å². The van der Waals surface area contributed by atoms with Gasteiger partial charge in [-0.3, -0.25) is 0 Å². The lowest BCUT2D eigenvalue weighted by molar-refractivity contribution is 0.0158. The molecule has 3 unspecified atom stereocenters. The van der Waals surface area contributed by atoms with Crippen LogP contribution in [0.5, 0.6) is 5.75 Å². The first-order valence-corrected chi connectivity index (χ1v) is 8.59. The summed E-state index contributed by atoms with van der Waals surface area (Å²) in [5, 5.41) is 3.51. The van der Waals surface area contributed by atoms with Crippen LogP contribution in [0.3, 0.4) is 0 Å². The lowest BCUT2D eigenvalue weighted by atomic mass is 9.81. The van der Waals surface area contributed by atoms with Crippen molar-refractivity contribution in [2.75, 3.05) is 7.05 Å². The minimum absolute atomic E-state index is 0.0612. The van der Waals surface area contributed by atoms with Crippen molar-refractivity contribution in [3.05, 3.63) is 29.8 Å². The van der Waals surface area contributed by atoms with E-state index >= 15 is 0 Å². The van der Waals surface area contributed by atoms with Gasteiger partial charge in [-0.1, -0.05) is 38.5 Å². The van der Waals surface area contributed by atoms with Crippen molar-refractivity contribution in [1.82, 2.24) is 5.32 Å². The Balaban J connectivity index is 1.83. The molecular weight excluding hydrogens is 258 g/mol. The predicted molar refractivity (Wildman–Crippen MR) is 87.6 cm³/mol. The number of nitrogens with one attached hydrogen (secondary N) is 1. The molecular formula is C19H29NO. The van der Waals surface area contributed by atoms with E-state index in [0.717, 1.165) is 24.0 Å². The zero-order valence-corrected chi connectivity index (χ0v) is 13.7. The van der Waals surface area contributed by atoms with Gasteiger partial charge in [0, 0.05) is 18.0 Å². The molecule has 1 aliphatic heterocycles. The average molecular weight is 287 g/mol. The first kappa shape index (κ1) is 14.9. The summed E-state index contributed by atoms with van der Waals surface area (Å²) in [6, 6.07) is 9.00. The quantitative estimate of drug-likeness (QED) is 0.851. The number of rotatable bonds is 2. The van der Waals surface area contributed by atoms with Gasteiger partial charge in [-0.05, 0) is 50.6 Å². The molecule has 3 atom stereocenters. The van der Waals surface area contributed by atoms with Crippen LogP contribution in [0.15, 0.2) is 24.3 Å². The van der Waals surface area contributed by atoms with Crippen LogP contribution in [0.4, 0.5) is 0 Å². The van der Waals surface area contributed by atoms with Crippen LogP contribution in [0.2, 0.25) is 0 Å². The number of ether oxygens (including phenoxy) is 1. The Bertz CT molecular complexity index is 484. The van der Waals surface area contributed by atoms with E-state index in [-0.39, 0.29) is 5.60 Å². The van der Waals surface area contributed by atoms with Gasteiger partial charge < -0.3 is 10.1 Å². The third-order valence-corrected chi connectivity index (χ3v) is 5.67. The maximum Gasteiger partial charge on any atom is 0.124 e. The summed E-state index contributed by atoms with van der Waals surface area (Å²) in [6.45, 7) is 4.74. The highest BCUT2D eigenvalue weighted by Crippen LogP contribution is 2.46. The van der Waals surface area contributed by atoms with Crippen LogP contribution < -0.4 is 10.1 Å². The predicted octanol–water partition coefficient (Wildman–Crippen LogP) is 4.70. The highest BCUT2D eigenvalue weighted by Gasteiger charge is 2.41. The van der Waals surface area contributed by atoms with E-state index in [0.29, 0.717) is 6.04 Å². The first-order valence-electron chi connectivity index (χ1n) is 8.59. The van der Waals surface area contributed by atoms with Gasteiger partial charge in [0.25, 0.3) is 0 Å². The fourth-order valence-electron chi connectivity index (χ4n) is 4.25. The Hall–Kier alpha value is -1.02. The van der Waals surface area contributed by atoms with Crippen molar-refractivity contribution >= 4 is 0 Å². The van der Waals surface area contributed by atoms with Gasteiger partial charge in [-0.15, -0.1) is 0 Å². The van der Waals surface area contributed by atoms with E-state index in [2.05, 4.69) is 50.5 Å². The topological polar surface area (TPSA) is 21.3 Å². The standard InChI is InChI=1S/C19H29NO/c1-14(2)15-7-6-11-19(12-10-15)13-17(20-3)16-8-4-5-9-18(16)21-19/h4-5,8-9,14-15,17,20H,6-7,10-13H2,1-3H3. The number of fused-ring (bicyclic) bond motifs is 1. The van der Waals surface area contributed by atoms with Crippen LogP contribution in [-0.2, 0) is 0 Å². The molecule has 3 rings (SSSR count). The van der Waals surface area contributed by atoms with Gasteiger partial charge in [0.05, 0.1) is 0 Å². The molecule has 1 aromatic rings. The number of benzene rings is 1. The van der Waals surface area contributed by atoms with E-state index in [1.807, 2.05) is 0 Å². The molecule has 1 aliphatic carbocycles. The summed E-state index contributed by atoms with van der Waals surface area (Å²) in [5.74, 6) is 2.78. The molecule has 21 heavy (non-hydrogen) atoms. The molecule has 2 nitrogen and oxygen atoms in total. The van der Waals surface area contributed by atoms with Gasteiger partial charge in [-0.2, -0.15) is 0 Å².